The standard InChI is InChI=1S/C9H18N2O/c1-6(2)9(10-3)7-4-5-8(12)11-7/h6-7,9-10H,4-5H2,1-3H3,(H,11,12). The van der Waals surface area contributed by atoms with Crippen molar-refractivity contribution in [1.29, 1.82) is 0 Å². The number of likely N-dealkylation sites (N-methyl/N-ethyl adjacent to an activating group) is 1. The first-order chi connectivity index (χ1) is 5.65. The van der Waals surface area contributed by atoms with Crippen molar-refractivity contribution in [3.8, 4) is 0 Å². The molecule has 12 heavy (non-hydrogen) atoms. The number of hydrogen-bond acceptors (Lipinski definition) is 2. The maximum atomic E-state index is 11.0. The quantitative estimate of drug-likeness (QED) is 0.648. The van der Waals surface area contributed by atoms with E-state index >= 15 is 0 Å². The summed E-state index contributed by atoms with van der Waals surface area (Å²) in [4.78, 5) is 11.0. The molecule has 0 spiro atoms. The van der Waals surface area contributed by atoms with Crippen molar-refractivity contribution in [3.63, 3.8) is 0 Å². The predicted molar refractivity (Wildman–Crippen MR) is 48.9 cm³/mol. The second-order valence-electron chi connectivity index (χ2n) is 3.77. The van der Waals surface area contributed by atoms with Gasteiger partial charge in [0.25, 0.3) is 0 Å². The molecule has 1 heterocycles. The van der Waals surface area contributed by atoms with Gasteiger partial charge in [-0.25, -0.2) is 0 Å². The summed E-state index contributed by atoms with van der Waals surface area (Å²) in [5, 5.41) is 6.23. The monoisotopic (exact) mass is 170 g/mol. The van der Waals surface area contributed by atoms with Crippen molar-refractivity contribution in [2.45, 2.75) is 38.8 Å². The Balaban J connectivity index is 2.49. The van der Waals surface area contributed by atoms with Gasteiger partial charge in [0.15, 0.2) is 0 Å². The maximum Gasteiger partial charge on any atom is 0.220 e. The van der Waals surface area contributed by atoms with Gasteiger partial charge < -0.3 is 10.6 Å². The molecule has 1 saturated heterocycles. The molecule has 0 radical (unpaired) electrons. The molecule has 1 rings (SSSR count). The summed E-state index contributed by atoms with van der Waals surface area (Å²) in [7, 11) is 1.95. The zero-order valence-corrected chi connectivity index (χ0v) is 8.05. The first kappa shape index (κ1) is 9.52. The van der Waals surface area contributed by atoms with Crippen LogP contribution in [0, 0.1) is 5.92 Å². The largest absolute Gasteiger partial charge is 0.352 e. The molecule has 2 unspecified atom stereocenters. The smallest absolute Gasteiger partial charge is 0.220 e. The predicted octanol–water partition coefficient (Wildman–Crippen LogP) is 0.509. The van der Waals surface area contributed by atoms with Crippen molar-refractivity contribution in [2.24, 2.45) is 5.92 Å². The minimum atomic E-state index is 0.195. The number of carbonyl (C=O) groups is 1. The Hall–Kier alpha value is -0.570. The molecule has 3 nitrogen and oxygen atoms in total. The van der Waals surface area contributed by atoms with Gasteiger partial charge in [0, 0.05) is 18.5 Å². The van der Waals surface area contributed by atoms with E-state index in [9.17, 15) is 4.79 Å². The second kappa shape index (κ2) is 3.90. The molecule has 1 amide bonds. The lowest BCUT2D eigenvalue weighted by atomic mass is 9.96. The van der Waals surface area contributed by atoms with Crippen LogP contribution in [-0.4, -0.2) is 25.0 Å². The van der Waals surface area contributed by atoms with Crippen LogP contribution in [0.15, 0.2) is 0 Å². The van der Waals surface area contributed by atoms with Crippen LogP contribution in [-0.2, 0) is 4.79 Å². The number of hydrogen-bond donors (Lipinski definition) is 2. The zero-order chi connectivity index (χ0) is 9.14. The molecule has 1 aliphatic rings. The van der Waals surface area contributed by atoms with Crippen LogP contribution in [0.1, 0.15) is 26.7 Å². The van der Waals surface area contributed by atoms with Gasteiger partial charge in [-0.05, 0) is 19.4 Å². The normalized spacial score (nSPS) is 26.0. The van der Waals surface area contributed by atoms with E-state index in [0.717, 1.165) is 6.42 Å². The molecule has 0 aliphatic carbocycles. The highest BCUT2D eigenvalue weighted by Crippen LogP contribution is 2.15. The van der Waals surface area contributed by atoms with Gasteiger partial charge in [0.05, 0.1) is 0 Å². The Morgan fingerprint density at radius 2 is 2.25 bits per heavy atom. The third-order valence-electron chi connectivity index (χ3n) is 2.51. The Morgan fingerprint density at radius 3 is 2.58 bits per heavy atom. The van der Waals surface area contributed by atoms with Gasteiger partial charge in [-0.2, -0.15) is 0 Å². The first-order valence-corrected chi connectivity index (χ1v) is 4.61. The molecule has 1 fully saturated rings. The molecule has 0 aromatic rings. The van der Waals surface area contributed by atoms with Crippen LogP contribution in [0.25, 0.3) is 0 Å². The van der Waals surface area contributed by atoms with Gasteiger partial charge in [-0.1, -0.05) is 13.8 Å². The van der Waals surface area contributed by atoms with Gasteiger partial charge in [0.1, 0.15) is 0 Å². The second-order valence-corrected chi connectivity index (χ2v) is 3.77. The van der Waals surface area contributed by atoms with Crippen molar-refractivity contribution in [1.82, 2.24) is 10.6 Å². The zero-order valence-electron chi connectivity index (χ0n) is 8.05. The minimum Gasteiger partial charge on any atom is -0.352 e. The van der Waals surface area contributed by atoms with Gasteiger partial charge in [0.2, 0.25) is 5.91 Å². The van der Waals surface area contributed by atoms with Crippen molar-refractivity contribution in [2.75, 3.05) is 7.05 Å². The number of amides is 1. The van der Waals surface area contributed by atoms with Crippen molar-refractivity contribution < 1.29 is 4.79 Å². The molecule has 2 atom stereocenters. The Labute approximate surface area is 73.9 Å². The van der Waals surface area contributed by atoms with Crippen LogP contribution in [0.3, 0.4) is 0 Å². The lowest BCUT2D eigenvalue weighted by Crippen LogP contribution is -2.47. The van der Waals surface area contributed by atoms with Crippen LogP contribution in [0.2, 0.25) is 0 Å². The number of carbonyl (C=O) groups excluding carboxylic acids is 1. The summed E-state index contributed by atoms with van der Waals surface area (Å²) in [6.45, 7) is 4.34. The van der Waals surface area contributed by atoms with E-state index in [4.69, 9.17) is 0 Å². The van der Waals surface area contributed by atoms with Crippen molar-refractivity contribution in [3.05, 3.63) is 0 Å². The Morgan fingerprint density at radius 1 is 1.58 bits per heavy atom. The van der Waals surface area contributed by atoms with Gasteiger partial charge in [-0.3, -0.25) is 4.79 Å². The van der Waals surface area contributed by atoms with E-state index in [1.807, 2.05) is 7.05 Å². The molecular formula is C9H18N2O. The fourth-order valence-electron chi connectivity index (χ4n) is 1.91. The third-order valence-corrected chi connectivity index (χ3v) is 2.51. The van der Waals surface area contributed by atoms with Crippen LogP contribution < -0.4 is 10.6 Å². The van der Waals surface area contributed by atoms with Gasteiger partial charge in [-0.15, -0.1) is 0 Å². The molecule has 0 aromatic carbocycles. The van der Waals surface area contributed by atoms with E-state index in [1.165, 1.54) is 0 Å². The summed E-state index contributed by atoms with van der Waals surface area (Å²) in [6.07, 6.45) is 1.66. The molecule has 1 aliphatic heterocycles. The molecule has 3 heteroatoms. The molecule has 2 N–H and O–H groups in total. The van der Waals surface area contributed by atoms with Crippen LogP contribution in [0.4, 0.5) is 0 Å². The molecule has 70 valence electrons. The number of rotatable bonds is 3. The lowest BCUT2D eigenvalue weighted by molar-refractivity contribution is -0.119. The van der Waals surface area contributed by atoms with E-state index in [1.54, 1.807) is 0 Å². The van der Waals surface area contributed by atoms with E-state index < -0.39 is 0 Å². The highest BCUT2D eigenvalue weighted by Gasteiger charge is 2.29. The van der Waals surface area contributed by atoms with E-state index in [-0.39, 0.29) is 5.91 Å². The first-order valence-electron chi connectivity index (χ1n) is 4.61. The topological polar surface area (TPSA) is 41.1 Å². The van der Waals surface area contributed by atoms with Crippen LogP contribution >= 0.6 is 0 Å². The maximum absolute atomic E-state index is 11.0. The molecule has 0 bridgehead atoms. The average Bonchev–Trinajstić information content (AvgIpc) is 2.37. The summed E-state index contributed by atoms with van der Waals surface area (Å²) < 4.78 is 0. The molecule has 0 saturated carbocycles. The minimum absolute atomic E-state index is 0.195. The Bertz CT molecular complexity index is 168. The fourth-order valence-corrected chi connectivity index (χ4v) is 1.91. The molecule has 0 aromatic heterocycles. The average molecular weight is 170 g/mol. The van der Waals surface area contributed by atoms with Gasteiger partial charge >= 0.3 is 0 Å². The summed E-state index contributed by atoms with van der Waals surface area (Å²) in [6, 6.07) is 0.749. The highest BCUT2D eigenvalue weighted by atomic mass is 16.1. The summed E-state index contributed by atoms with van der Waals surface area (Å²) in [5.74, 6) is 0.763. The summed E-state index contributed by atoms with van der Waals surface area (Å²) >= 11 is 0. The highest BCUT2D eigenvalue weighted by molar-refractivity contribution is 5.78. The summed E-state index contributed by atoms with van der Waals surface area (Å²) in [5.41, 5.74) is 0. The van der Waals surface area contributed by atoms with Crippen LogP contribution in [0.5, 0.6) is 0 Å². The molecular weight excluding hydrogens is 152 g/mol. The third kappa shape index (κ3) is 1.97. The Kier molecular flexibility index (Phi) is 3.09. The van der Waals surface area contributed by atoms with E-state index in [0.29, 0.717) is 24.4 Å². The van der Waals surface area contributed by atoms with Crippen molar-refractivity contribution >= 4 is 5.91 Å². The fraction of sp³-hybridized carbons (Fsp3) is 0.889. The lowest BCUT2D eigenvalue weighted by Gasteiger charge is -2.26. The SMILES string of the molecule is CNC(C(C)C)C1CCC(=O)N1. The number of nitrogens with one attached hydrogen (secondary N) is 2. The van der Waals surface area contributed by atoms with E-state index in [2.05, 4.69) is 24.5 Å².